The quantitative estimate of drug-likeness (QED) is 0.786. The first kappa shape index (κ1) is 9.43. The molecule has 16 heavy (non-hydrogen) atoms. The molecule has 1 N–H and O–H groups in total. The zero-order chi connectivity index (χ0) is 11.0. The molecule has 0 saturated carbocycles. The number of rotatable bonds is 1. The maximum atomic E-state index is 10.7. The highest BCUT2D eigenvalue weighted by molar-refractivity contribution is 5.48. The van der Waals surface area contributed by atoms with Gasteiger partial charge in [0.05, 0.1) is 0 Å². The predicted molar refractivity (Wildman–Crippen MR) is 61.4 cm³/mol. The van der Waals surface area contributed by atoms with Crippen LogP contribution in [0.25, 0.3) is 0 Å². The minimum atomic E-state index is -1.00. The number of ether oxygens (including phenoxy) is 1. The summed E-state index contributed by atoms with van der Waals surface area (Å²) in [5.41, 5.74) is 0.721. The zero-order valence-corrected chi connectivity index (χ0v) is 8.76. The van der Waals surface area contributed by atoms with Crippen LogP contribution in [0.3, 0.4) is 0 Å². The van der Waals surface area contributed by atoms with Gasteiger partial charge in [-0.2, -0.15) is 0 Å². The molecular weight excluding hydrogens is 200 g/mol. The Kier molecular flexibility index (Phi) is 1.98. The van der Waals surface area contributed by atoms with Crippen LogP contribution in [0.2, 0.25) is 0 Å². The normalized spacial score (nSPS) is 22.6. The van der Waals surface area contributed by atoms with Crippen molar-refractivity contribution in [3.63, 3.8) is 0 Å². The van der Waals surface area contributed by atoms with Crippen LogP contribution < -0.4 is 4.74 Å². The predicted octanol–water partition coefficient (Wildman–Crippen LogP) is 2.31. The van der Waals surface area contributed by atoms with E-state index in [4.69, 9.17) is 4.74 Å². The summed E-state index contributed by atoms with van der Waals surface area (Å²) >= 11 is 0. The van der Waals surface area contributed by atoms with Gasteiger partial charge >= 0.3 is 0 Å². The fraction of sp³-hybridized carbons (Fsp3) is 0.143. The van der Waals surface area contributed by atoms with E-state index in [2.05, 4.69) is 0 Å². The van der Waals surface area contributed by atoms with Gasteiger partial charge in [-0.05, 0) is 11.6 Å². The summed E-state index contributed by atoms with van der Waals surface area (Å²) < 4.78 is 5.52. The third kappa shape index (κ3) is 1.24. The van der Waals surface area contributed by atoms with Crippen LogP contribution in [-0.4, -0.2) is 11.7 Å². The Bertz CT molecular complexity index is 507. The topological polar surface area (TPSA) is 29.5 Å². The van der Waals surface area contributed by atoms with Crippen LogP contribution >= 0.6 is 0 Å². The van der Waals surface area contributed by atoms with Crippen molar-refractivity contribution in [1.82, 2.24) is 0 Å². The lowest BCUT2D eigenvalue weighted by molar-refractivity contribution is 0.0560. The van der Waals surface area contributed by atoms with E-state index in [1.165, 1.54) is 0 Å². The van der Waals surface area contributed by atoms with Crippen molar-refractivity contribution in [2.24, 2.45) is 0 Å². The largest absolute Gasteiger partial charge is 0.489 e. The molecule has 0 amide bonds. The van der Waals surface area contributed by atoms with E-state index in [1.807, 2.05) is 54.6 Å². The first-order chi connectivity index (χ1) is 7.81. The van der Waals surface area contributed by atoms with Crippen LogP contribution in [-0.2, 0) is 5.60 Å². The van der Waals surface area contributed by atoms with Crippen molar-refractivity contribution in [1.29, 1.82) is 0 Å². The van der Waals surface area contributed by atoms with Crippen LogP contribution in [0.15, 0.2) is 54.6 Å². The smallest absolute Gasteiger partial charge is 0.152 e. The second-order valence-electron chi connectivity index (χ2n) is 4.01. The van der Waals surface area contributed by atoms with Crippen molar-refractivity contribution < 1.29 is 9.84 Å². The number of hydrogen-bond acceptors (Lipinski definition) is 2. The highest BCUT2D eigenvalue weighted by Crippen LogP contribution is 2.40. The number of hydrogen-bond donors (Lipinski definition) is 1. The van der Waals surface area contributed by atoms with E-state index < -0.39 is 5.60 Å². The van der Waals surface area contributed by atoms with Crippen molar-refractivity contribution in [2.75, 3.05) is 6.61 Å². The van der Waals surface area contributed by atoms with Crippen LogP contribution in [0.4, 0.5) is 0 Å². The van der Waals surface area contributed by atoms with Crippen LogP contribution in [0, 0.1) is 0 Å². The molecular formula is C14H12O2. The van der Waals surface area contributed by atoms with Crippen LogP contribution in [0.5, 0.6) is 5.75 Å². The molecule has 0 spiro atoms. The van der Waals surface area contributed by atoms with E-state index in [1.54, 1.807) is 0 Å². The Morgan fingerprint density at radius 1 is 0.938 bits per heavy atom. The highest BCUT2D eigenvalue weighted by atomic mass is 16.5. The second-order valence-corrected chi connectivity index (χ2v) is 4.01. The lowest BCUT2D eigenvalue weighted by atomic mass is 9.88. The van der Waals surface area contributed by atoms with Gasteiger partial charge in [-0.3, -0.25) is 0 Å². The molecule has 0 fully saturated rings. The van der Waals surface area contributed by atoms with Gasteiger partial charge in [0.15, 0.2) is 5.60 Å². The van der Waals surface area contributed by atoms with E-state index >= 15 is 0 Å². The van der Waals surface area contributed by atoms with Gasteiger partial charge in [0, 0.05) is 5.56 Å². The first-order valence-electron chi connectivity index (χ1n) is 5.31. The summed E-state index contributed by atoms with van der Waals surface area (Å²) in [6.45, 7) is 0.288. The van der Waals surface area contributed by atoms with Gasteiger partial charge in [0.25, 0.3) is 0 Å². The summed E-state index contributed by atoms with van der Waals surface area (Å²) in [5, 5.41) is 10.7. The SMILES string of the molecule is O[C@@]1(c2ccccc2)COc2ccccc21. The molecule has 3 rings (SSSR count). The van der Waals surface area contributed by atoms with E-state index in [-0.39, 0.29) is 6.61 Å². The Labute approximate surface area is 94.1 Å². The summed E-state index contributed by atoms with van der Waals surface area (Å²) in [5.74, 6) is 0.772. The molecule has 80 valence electrons. The van der Waals surface area contributed by atoms with E-state index in [0.29, 0.717) is 0 Å². The minimum absolute atomic E-state index is 0.288. The van der Waals surface area contributed by atoms with Crippen molar-refractivity contribution in [2.45, 2.75) is 5.60 Å². The van der Waals surface area contributed by atoms with Gasteiger partial charge in [0.1, 0.15) is 12.4 Å². The monoisotopic (exact) mass is 212 g/mol. The highest BCUT2D eigenvalue weighted by Gasteiger charge is 2.39. The summed E-state index contributed by atoms with van der Waals surface area (Å²) in [4.78, 5) is 0. The molecule has 2 nitrogen and oxygen atoms in total. The molecule has 0 aromatic heterocycles. The maximum Gasteiger partial charge on any atom is 0.152 e. The molecule has 1 atom stereocenters. The van der Waals surface area contributed by atoms with Crippen molar-refractivity contribution in [3.8, 4) is 5.75 Å². The lowest BCUT2D eigenvalue weighted by Gasteiger charge is -2.21. The molecule has 2 aromatic rings. The second kappa shape index (κ2) is 3.35. The Morgan fingerprint density at radius 2 is 1.62 bits per heavy atom. The van der Waals surface area contributed by atoms with Gasteiger partial charge in [-0.15, -0.1) is 0 Å². The van der Waals surface area contributed by atoms with Crippen LogP contribution in [0.1, 0.15) is 11.1 Å². The molecule has 2 aromatic carbocycles. The zero-order valence-electron chi connectivity index (χ0n) is 8.76. The minimum Gasteiger partial charge on any atom is -0.489 e. The molecule has 0 unspecified atom stereocenters. The van der Waals surface area contributed by atoms with Gasteiger partial charge < -0.3 is 9.84 Å². The molecule has 0 aliphatic carbocycles. The fourth-order valence-electron chi connectivity index (χ4n) is 2.15. The van der Waals surface area contributed by atoms with Gasteiger partial charge in [-0.25, -0.2) is 0 Å². The molecule has 0 saturated heterocycles. The number of fused-ring (bicyclic) bond motifs is 1. The molecule has 0 radical (unpaired) electrons. The van der Waals surface area contributed by atoms with Gasteiger partial charge in [-0.1, -0.05) is 48.5 Å². The molecule has 0 bridgehead atoms. The van der Waals surface area contributed by atoms with Crippen molar-refractivity contribution >= 4 is 0 Å². The fourth-order valence-corrected chi connectivity index (χ4v) is 2.15. The molecule has 1 aliphatic rings. The van der Waals surface area contributed by atoms with Crippen molar-refractivity contribution in [3.05, 3.63) is 65.7 Å². The number of para-hydroxylation sites is 1. The first-order valence-corrected chi connectivity index (χ1v) is 5.31. The van der Waals surface area contributed by atoms with E-state index in [9.17, 15) is 5.11 Å². The molecule has 1 aliphatic heterocycles. The average molecular weight is 212 g/mol. The Balaban J connectivity index is 2.15. The average Bonchev–Trinajstić information content (AvgIpc) is 2.71. The number of benzene rings is 2. The third-order valence-corrected chi connectivity index (χ3v) is 3.02. The maximum absolute atomic E-state index is 10.7. The summed E-state index contributed by atoms with van der Waals surface area (Å²) in [7, 11) is 0. The Hall–Kier alpha value is -1.80. The third-order valence-electron chi connectivity index (χ3n) is 3.02. The lowest BCUT2D eigenvalue weighted by Crippen LogP contribution is -2.28. The van der Waals surface area contributed by atoms with Gasteiger partial charge in [0.2, 0.25) is 0 Å². The molecule has 1 heterocycles. The summed E-state index contributed by atoms with van der Waals surface area (Å²) in [6.07, 6.45) is 0. The standard InChI is InChI=1S/C14H12O2/c15-14(11-6-2-1-3-7-11)10-16-13-9-5-4-8-12(13)14/h1-9,15H,10H2/t14-/m1/s1. The molecule has 2 heteroatoms. The Morgan fingerprint density at radius 3 is 2.44 bits per heavy atom. The summed E-state index contributed by atoms with van der Waals surface area (Å²) in [6, 6.07) is 17.3. The number of aliphatic hydroxyl groups is 1. The van der Waals surface area contributed by atoms with E-state index in [0.717, 1.165) is 16.9 Å².